The van der Waals surface area contributed by atoms with E-state index >= 15 is 0 Å². The number of carboxylic acids is 1. The molecule has 2 aromatic rings. The summed E-state index contributed by atoms with van der Waals surface area (Å²) in [6, 6.07) is 20.1. The van der Waals surface area contributed by atoms with E-state index < -0.39 is 26.8 Å². The van der Waals surface area contributed by atoms with Crippen molar-refractivity contribution >= 4 is 33.9 Å². The highest BCUT2D eigenvalue weighted by Gasteiger charge is 2.45. The molecule has 10 heteroatoms. The molecule has 226 valence electrons. The quantitative estimate of drug-likeness (QED) is 0.127. The Morgan fingerprint density at radius 2 is 1.62 bits per heavy atom. The van der Waals surface area contributed by atoms with Crippen molar-refractivity contribution in [3.05, 3.63) is 71.8 Å². The zero-order valence-electron chi connectivity index (χ0n) is 23.7. The fraction of sp³-hybridized carbons (Fsp3) is 0.500. The minimum atomic E-state index is -4.22. The summed E-state index contributed by atoms with van der Waals surface area (Å²) in [5, 5.41) is 13.9. The Hall–Kier alpha value is -3.00. The molecule has 2 saturated heterocycles. The third-order valence-electron chi connectivity index (χ3n) is 8.12. The fourth-order valence-electron chi connectivity index (χ4n) is 6.14. The lowest BCUT2D eigenvalue weighted by Gasteiger charge is -2.36. The number of urea groups is 1. The van der Waals surface area contributed by atoms with E-state index in [4.69, 9.17) is 5.11 Å². The summed E-state index contributed by atoms with van der Waals surface area (Å²) in [5.74, 6) is 6.73. The van der Waals surface area contributed by atoms with Gasteiger partial charge >= 0.3 is 12.0 Å². The van der Waals surface area contributed by atoms with Crippen molar-refractivity contribution in [1.82, 2.24) is 10.6 Å². The number of aliphatic carboxylic acids is 1. The van der Waals surface area contributed by atoms with Crippen molar-refractivity contribution in [3.8, 4) is 11.8 Å². The molecule has 0 saturated carbocycles. The van der Waals surface area contributed by atoms with Crippen molar-refractivity contribution in [1.29, 1.82) is 0 Å². The summed E-state index contributed by atoms with van der Waals surface area (Å²) in [5.41, 5.74) is 1.23. The first-order valence-corrected chi connectivity index (χ1v) is 17.2. The molecule has 3 aliphatic rings. The molecule has 8 nitrogen and oxygen atoms in total. The van der Waals surface area contributed by atoms with Gasteiger partial charge in [0.2, 0.25) is 0 Å². The Bertz CT molecular complexity index is 1320. The van der Waals surface area contributed by atoms with E-state index in [1.807, 2.05) is 72.4 Å². The maximum Gasteiger partial charge on any atom is 0.315 e. The average molecular weight is 613 g/mol. The van der Waals surface area contributed by atoms with Gasteiger partial charge < -0.3 is 15.7 Å². The summed E-state index contributed by atoms with van der Waals surface area (Å²) in [4.78, 5) is 21.5. The Kier molecular flexibility index (Phi) is 11.4. The number of nitrogens with one attached hydrogen (secondary N) is 2. The first-order chi connectivity index (χ1) is 20.2. The predicted molar refractivity (Wildman–Crippen MR) is 166 cm³/mol. The van der Waals surface area contributed by atoms with Crippen molar-refractivity contribution in [3.63, 3.8) is 0 Å². The Labute approximate surface area is 253 Å². The van der Waals surface area contributed by atoms with Gasteiger partial charge in [-0.15, -0.1) is 5.92 Å². The number of hydrogen-bond donors (Lipinski definition) is 4. The molecule has 0 radical (unpaired) electrons. The lowest BCUT2D eigenvalue weighted by atomic mass is 9.72. The van der Waals surface area contributed by atoms with Gasteiger partial charge in [0.1, 0.15) is 5.25 Å². The summed E-state index contributed by atoms with van der Waals surface area (Å²) >= 11 is 1.87. The third-order valence-corrected chi connectivity index (χ3v) is 11.0. The SMILES string of the molecule is O=C(O)CCCC[C@@H]1SC[C@@H]2NC(=O)N[C@@H]21.O=S(=O)(O)C1CCCCC#CC1(Cc1ccccc1)Cc1ccccc1. The van der Waals surface area contributed by atoms with E-state index in [0.29, 0.717) is 24.5 Å². The van der Waals surface area contributed by atoms with Crippen LogP contribution in [0.15, 0.2) is 60.7 Å². The summed E-state index contributed by atoms with van der Waals surface area (Å²) < 4.78 is 34.7. The van der Waals surface area contributed by atoms with Crippen LogP contribution in [-0.2, 0) is 27.8 Å². The fourth-order valence-corrected chi connectivity index (χ4v) is 8.94. The van der Waals surface area contributed by atoms with Crippen molar-refractivity contribution in [2.24, 2.45) is 5.41 Å². The number of unbranched alkanes of at least 4 members (excludes halogenated alkanes) is 1. The predicted octanol–water partition coefficient (Wildman–Crippen LogP) is 5.09. The van der Waals surface area contributed by atoms with Crippen LogP contribution in [0.4, 0.5) is 4.79 Å². The molecule has 1 unspecified atom stereocenters. The molecule has 2 amide bonds. The topological polar surface area (TPSA) is 133 Å². The van der Waals surface area contributed by atoms with E-state index in [0.717, 1.165) is 55.4 Å². The van der Waals surface area contributed by atoms with Gasteiger partial charge in [0.25, 0.3) is 10.1 Å². The molecule has 2 heterocycles. The molecule has 0 bridgehead atoms. The normalized spacial score (nSPS) is 24.4. The van der Waals surface area contributed by atoms with E-state index in [2.05, 4.69) is 22.5 Å². The van der Waals surface area contributed by atoms with Crippen LogP contribution in [-0.4, -0.2) is 58.4 Å². The lowest BCUT2D eigenvalue weighted by Crippen LogP contribution is -2.43. The van der Waals surface area contributed by atoms with Crippen LogP contribution in [0.3, 0.4) is 0 Å². The van der Waals surface area contributed by atoms with Crippen molar-refractivity contribution < 1.29 is 27.7 Å². The second-order valence-corrected chi connectivity index (χ2v) is 14.2. The third kappa shape index (κ3) is 9.00. The Morgan fingerprint density at radius 1 is 0.976 bits per heavy atom. The second-order valence-electron chi connectivity index (χ2n) is 11.3. The van der Waals surface area contributed by atoms with Gasteiger partial charge in [-0.1, -0.05) is 79.4 Å². The molecule has 1 aliphatic carbocycles. The van der Waals surface area contributed by atoms with Gasteiger partial charge in [0.05, 0.1) is 17.5 Å². The number of carbonyl (C=O) groups excluding carboxylic acids is 1. The first-order valence-electron chi connectivity index (χ1n) is 14.6. The molecule has 2 fully saturated rings. The Balaban J connectivity index is 0.000000216. The molecule has 2 aromatic carbocycles. The number of hydrogen-bond acceptors (Lipinski definition) is 5. The van der Waals surface area contributed by atoms with Gasteiger partial charge in [-0.25, -0.2) is 4.79 Å². The number of carbonyl (C=O) groups is 2. The standard InChI is InChI=1S/C22H24O3S.C10H16N2O3S/c23-26(24,25)21-15-9-1-2-10-16-22(21,17-19-11-5-3-6-12-19)18-20-13-7-4-8-14-20;13-8(14)4-2-1-3-7-9-6(5-16-7)11-10(15)12-9/h3-8,11-14,21H,1-2,9,15,17-18H2,(H,23,24,25);6-7,9H,1-5H2,(H,13,14)(H2,11,12,15)/t;6-,7-,9-/m.0/s1. The zero-order valence-corrected chi connectivity index (χ0v) is 25.3. The average Bonchev–Trinajstić information content (AvgIpc) is 3.49. The van der Waals surface area contributed by atoms with Gasteiger partial charge in [-0.05, 0) is 49.7 Å². The van der Waals surface area contributed by atoms with Crippen LogP contribution in [0, 0.1) is 17.3 Å². The van der Waals surface area contributed by atoms with E-state index in [-0.39, 0.29) is 24.5 Å². The number of thioether (sulfide) groups is 1. The number of benzene rings is 2. The maximum atomic E-state index is 12.3. The lowest BCUT2D eigenvalue weighted by molar-refractivity contribution is -0.137. The minimum absolute atomic E-state index is 0.0640. The summed E-state index contributed by atoms with van der Waals surface area (Å²) in [7, 11) is -4.22. The van der Waals surface area contributed by atoms with Gasteiger partial charge in [0, 0.05) is 23.8 Å². The van der Waals surface area contributed by atoms with E-state index in [1.54, 1.807) is 0 Å². The number of carboxylic acid groups (broad SMARTS) is 1. The molecular weight excluding hydrogens is 572 g/mol. The molecule has 5 rings (SSSR count). The largest absolute Gasteiger partial charge is 0.481 e. The second kappa shape index (κ2) is 14.9. The van der Waals surface area contributed by atoms with E-state index in [9.17, 15) is 22.6 Å². The van der Waals surface area contributed by atoms with E-state index in [1.165, 1.54) is 0 Å². The first kappa shape index (κ1) is 31.9. The molecular formula is C32H40N2O6S2. The molecule has 4 N–H and O–H groups in total. The van der Waals surface area contributed by atoms with Crippen LogP contribution < -0.4 is 10.6 Å². The van der Waals surface area contributed by atoms with Crippen LogP contribution in [0.25, 0.3) is 0 Å². The summed E-state index contributed by atoms with van der Waals surface area (Å²) in [6.07, 6.45) is 6.71. The van der Waals surface area contributed by atoms with Gasteiger partial charge in [-0.3, -0.25) is 9.35 Å². The monoisotopic (exact) mass is 612 g/mol. The molecule has 0 spiro atoms. The van der Waals surface area contributed by atoms with Crippen LogP contribution in [0.5, 0.6) is 0 Å². The van der Waals surface area contributed by atoms with Crippen LogP contribution in [0.2, 0.25) is 0 Å². The van der Waals surface area contributed by atoms with Crippen LogP contribution >= 0.6 is 11.8 Å². The number of fused-ring (bicyclic) bond motifs is 1. The van der Waals surface area contributed by atoms with Crippen molar-refractivity contribution in [2.45, 2.75) is 86.8 Å². The molecule has 0 aromatic heterocycles. The smallest absolute Gasteiger partial charge is 0.315 e. The zero-order chi connectivity index (χ0) is 30.0. The molecule has 2 aliphatic heterocycles. The van der Waals surface area contributed by atoms with Crippen molar-refractivity contribution in [2.75, 3.05) is 5.75 Å². The highest BCUT2D eigenvalue weighted by Crippen LogP contribution is 2.39. The highest BCUT2D eigenvalue weighted by molar-refractivity contribution is 8.00. The van der Waals surface area contributed by atoms with Crippen LogP contribution in [0.1, 0.15) is 62.5 Å². The number of amides is 2. The molecule has 42 heavy (non-hydrogen) atoms. The Morgan fingerprint density at radius 3 is 2.21 bits per heavy atom. The highest BCUT2D eigenvalue weighted by atomic mass is 32.2. The summed E-state index contributed by atoms with van der Waals surface area (Å²) in [6.45, 7) is 0. The minimum Gasteiger partial charge on any atom is -0.481 e. The maximum absolute atomic E-state index is 12.3. The van der Waals surface area contributed by atoms with Gasteiger partial charge in [0.15, 0.2) is 0 Å². The number of rotatable bonds is 10. The molecule has 4 atom stereocenters. The van der Waals surface area contributed by atoms with Gasteiger partial charge in [-0.2, -0.15) is 20.2 Å².